The number of aliphatic hydroxyl groups excluding tert-OH is 12. The van der Waals surface area contributed by atoms with Gasteiger partial charge in [-0.25, -0.2) is 0 Å². The highest BCUT2D eigenvalue weighted by molar-refractivity contribution is 5.17. The third-order valence-corrected chi connectivity index (χ3v) is 18.1. The first kappa shape index (κ1) is 52.8. The lowest BCUT2D eigenvalue weighted by Crippen LogP contribution is -2.66. The predicted molar refractivity (Wildman–Crippen MR) is 234 cm³/mol. The molecular weight excluding hydrogens is 865 g/mol. The van der Waals surface area contributed by atoms with E-state index in [0.29, 0.717) is 19.3 Å². The standard InChI is InChI=1S/C48H82O18/c1-21(2)15-22(3)17-48(8,66-43-40(60)37(57)34(54)28(19-50)62-43)24-11-13-47(7)23-9-10-30-45(4,5)31(12-14-46(30,6)25(23)16-26(52)32(24)47)64-44-41(38(58)35(55)29(20-51)63-44)65-42-39(59)36(56)33(53)27(18-49)61-42/h15,22-44,49-60H,9-14,16-20H2,1-8H3/t22-,23+,24-,25+,26-,27+,28+,29+,30+,31+,32+,33+,34+,35+,36-,37-,38-,39+,40+,41+,42-,43-,44-,46+,47+,48-/m0/s1. The van der Waals surface area contributed by atoms with E-state index in [-0.39, 0.29) is 46.3 Å². The lowest BCUT2D eigenvalue weighted by atomic mass is 9.39. The minimum absolute atomic E-state index is 0.0515. The van der Waals surface area contributed by atoms with Crippen molar-refractivity contribution in [3.63, 3.8) is 0 Å². The molecule has 7 aliphatic rings. The van der Waals surface area contributed by atoms with Gasteiger partial charge in [-0.3, -0.25) is 0 Å². The molecule has 3 heterocycles. The van der Waals surface area contributed by atoms with Crippen LogP contribution in [0.15, 0.2) is 11.6 Å². The quantitative estimate of drug-likeness (QED) is 0.0843. The highest BCUT2D eigenvalue weighted by Crippen LogP contribution is 2.71. The molecule has 66 heavy (non-hydrogen) atoms. The van der Waals surface area contributed by atoms with Gasteiger partial charge in [0.2, 0.25) is 0 Å². The summed E-state index contributed by atoms with van der Waals surface area (Å²) in [7, 11) is 0. The molecule has 0 aromatic heterocycles. The summed E-state index contributed by atoms with van der Waals surface area (Å²) in [4.78, 5) is 0. The van der Waals surface area contributed by atoms with E-state index in [1.54, 1.807) is 0 Å². The molecule has 0 amide bonds. The summed E-state index contributed by atoms with van der Waals surface area (Å²) in [5.74, 6) is 0.253. The van der Waals surface area contributed by atoms with Gasteiger partial charge in [-0.1, -0.05) is 46.3 Å². The monoisotopic (exact) mass is 947 g/mol. The maximum atomic E-state index is 12.6. The van der Waals surface area contributed by atoms with Gasteiger partial charge in [-0.15, -0.1) is 0 Å². The molecule has 18 nitrogen and oxygen atoms in total. The fourth-order valence-electron chi connectivity index (χ4n) is 15.0. The number of aliphatic hydroxyl groups is 12. The van der Waals surface area contributed by atoms with Crippen LogP contribution in [0.25, 0.3) is 0 Å². The molecule has 0 aromatic rings. The van der Waals surface area contributed by atoms with Crippen molar-refractivity contribution in [1.82, 2.24) is 0 Å². The topological polar surface area (TPSA) is 298 Å². The van der Waals surface area contributed by atoms with Crippen LogP contribution in [-0.2, 0) is 28.4 Å². The number of hydrogen-bond donors (Lipinski definition) is 12. The van der Waals surface area contributed by atoms with Gasteiger partial charge in [0.25, 0.3) is 0 Å². The van der Waals surface area contributed by atoms with E-state index in [4.69, 9.17) is 28.4 Å². The first-order valence-corrected chi connectivity index (χ1v) is 24.4. The van der Waals surface area contributed by atoms with Crippen molar-refractivity contribution in [2.75, 3.05) is 19.8 Å². The maximum Gasteiger partial charge on any atom is 0.187 e. The molecule has 4 aliphatic carbocycles. The van der Waals surface area contributed by atoms with Crippen LogP contribution in [0.4, 0.5) is 0 Å². The average Bonchev–Trinajstić information content (AvgIpc) is 3.64. The molecule has 12 N–H and O–H groups in total. The largest absolute Gasteiger partial charge is 0.394 e. The van der Waals surface area contributed by atoms with Crippen molar-refractivity contribution in [3.8, 4) is 0 Å². The molecule has 7 fully saturated rings. The summed E-state index contributed by atoms with van der Waals surface area (Å²) in [5.41, 5.74) is -0.820. The van der Waals surface area contributed by atoms with Crippen molar-refractivity contribution in [2.24, 2.45) is 51.8 Å². The smallest absolute Gasteiger partial charge is 0.187 e. The first-order valence-electron chi connectivity index (χ1n) is 24.4. The van der Waals surface area contributed by atoms with Crippen molar-refractivity contribution >= 4 is 0 Å². The van der Waals surface area contributed by atoms with Gasteiger partial charge >= 0.3 is 0 Å². The molecule has 0 spiro atoms. The molecule has 26 atom stereocenters. The van der Waals surface area contributed by atoms with Gasteiger partial charge in [0.1, 0.15) is 73.2 Å². The van der Waals surface area contributed by atoms with Gasteiger partial charge in [0, 0.05) is 0 Å². The van der Waals surface area contributed by atoms with Crippen LogP contribution in [0.3, 0.4) is 0 Å². The minimum atomic E-state index is -1.79. The van der Waals surface area contributed by atoms with E-state index in [2.05, 4.69) is 40.7 Å². The molecule has 0 radical (unpaired) electrons. The van der Waals surface area contributed by atoms with E-state index < -0.39 is 135 Å². The molecule has 3 saturated heterocycles. The van der Waals surface area contributed by atoms with E-state index >= 15 is 0 Å². The summed E-state index contributed by atoms with van der Waals surface area (Å²) in [6.45, 7) is 15.2. The van der Waals surface area contributed by atoms with Crippen LogP contribution in [0.1, 0.15) is 107 Å². The molecule has 18 heteroatoms. The fraction of sp³-hybridized carbons (Fsp3) is 0.958. The van der Waals surface area contributed by atoms with Crippen molar-refractivity contribution in [1.29, 1.82) is 0 Å². The summed E-state index contributed by atoms with van der Waals surface area (Å²) in [6, 6.07) is 0. The summed E-state index contributed by atoms with van der Waals surface area (Å²) in [5, 5.41) is 129. The Morgan fingerprint density at radius 1 is 0.636 bits per heavy atom. The third kappa shape index (κ3) is 9.23. The van der Waals surface area contributed by atoms with Crippen molar-refractivity contribution in [3.05, 3.63) is 11.6 Å². The molecule has 0 aromatic carbocycles. The van der Waals surface area contributed by atoms with Crippen LogP contribution < -0.4 is 0 Å². The Bertz CT molecular complexity index is 1660. The van der Waals surface area contributed by atoms with Crippen LogP contribution in [0, 0.1) is 51.8 Å². The van der Waals surface area contributed by atoms with Crippen LogP contribution in [0.2, 0.25) is 0 Å². The zero-order chi connectivity index (χ0) is 48.6. The zero-order valence-electron chi connectivity index (χ0n) is 40.0. The number of fused-ring (bicyclic) bond motifs is 5. The molecule has 382 valence electrons. The van der Waals surface area contributed by atoms with Crippen LogP contribution in [0.5, 0.6) is 0 Å². The average molecular weight is 947 g/mol. The maximum absolute atomic E-state index is 12.6. The molecule has 4 saturated carbocycles. The number of rotatable bonds is 13. The van der Waals surface area contributed by atoms with E-state index in [9.17, 15) is 61.3 Å². The number of allylic oxidation sites excluding steroid dienone is 2. The fourth-order valence-corrected chi connectivity index (χ4v) is 15.0. The van der Waals surface area contributed by atoms with Crippen molar-refractivity contribution in [2.45, 2.75) is 217 Å². The van der Waals surface area contributed by atoms with Gasteiger partial charge < -0.3 is 89.7 Å². The van der Waals surface area contributed by atoms with Crippen LogP contribution in [-0.4, -0.2) is 191 Å². The highest BCUT2D eigenvalue weighted by atomic mass is 16.8. The summed E-state index contributed by atoms with van der Waals surface area (Å²) >= 11 is 0. The summed E-state index contributed by atoms with van der Waals surface area (Å²) in [6.07, 6.45) is -15.9. The Hall–Kier alpha value is -0.980. The molecule has 0 unspecified atom stereocenters. The minimum Gasteiger partial charge on any atom is -0.394 e. The van der Waals surface area contributed by atoms with Gasteiger partial charge in [0.05, 0.1) is 37.6 Å². The molecule has 3 aliphatic heterocycles. The Balaban J connectivity index is 1.12. The second-order valence-electron chi connectivity index (χ2n) is 22.9. The number of hydrogen-bond acceptors (Lipinski definition) is 18. The van der Waals surface area contributed by atoms with E-state index in [1.807, 2.05) is 20.8 Å². The second kappa shape index (κ2) is 19.9. The molecular formula is C48H82O18. The Kier molecular flexibility index (Phi) is 15.9. The van der Waals surface area contributed by atoms with Crippen molar-refractivity contribution < 1.29 is 89.7 Å². The lowest BCUT2D eigenvalue weighted by Gasteiger charge is -2.66. The Morgan fingerprint density at radius 2 is 1.17 bits per heavy atom. The normalized spacial score (nSPS) is 51.8. The Labute approximate surface area is 388 Å². The highest BCUT2D eigenvalue weighted by Gasteiger charge is 2.68. The number of ether oxygens (including phenoxy) is 6. The van der Waals surface area contributed by atoms with Crippen LogP contribution >= 0.6 is 0 Å². The van der Waals surface area contributed by atoms with E-state index in [0.717, 1.165) is 37.7 Å². The zero-order valence-corrected chi connectivity index (χ0v) is 40.0. The summed E-state index contributed by atoms with van der Waals surface area (Å²) < 4.78 is 37.2. The second-order valence-corrected chi connectivity index (χ2v) is 22.9. The van der Waals surface area contributed by atoms with Gasteiger partial charge in [-0.2, -0.15) is 0 Å². The Morgan fingerprint density at radius 3 is 1.74 bits per heavy atom. The molecule has 7 rings (SSSR count). The van der Waals surface area contributed by atoms with Gasteiger partial charge in [-0.05, 0) is 124 Å². The first-order chi connectivity index (χ1) is 30.9. The van der Waals surface area contributed by atoms with E-state index in [1.165, 1.54) is 0 Å². The molecule has 0 bridgehead atoms. The SMILES string of the molecule is CC(C)=C[C@H](C)C[C@](C)(O[C@@H]1O[C@H](CO)[C@@H](O)[C@H](O)[C@H]1O)[C@H]1CC[C@@]2(C)[C@H]1[C@@H](O)C[C@@H]1[C@H]2CC[C@@H]2C(C)(C)[C@H](O[C@@H]3O[C@H](CO)[C@@H](O)[C@H](O)[C@H]3O[C@@H]3O[C@H](CO)[C@@H](O)[C@H](O)[C@H]3O)CC[C@]12C. The lowest BCUT2D eigenvalue weighted by molar-refractivity contribution is -0.378. The predicted octanol–water partition coefficient (Wildman–Crippen LogP) is -0.171. The third-order valence-electron chi connectivity index (χ3n) is 18.1. The van der Waals surface area contributed by atoms with Gasteiger partial charge in [0.15, 0.2) is 18.9 Å².